The minimum absolute atomic E-state index is 0.272. The molecule has 0 fully saturated rings. The third-order valence-corrected chi connectivity index (χ3v) is 4.42. The number of carbonyl (C=O) groups is 2. The molecule has 9 heteroatoms. The molecule has 0 spiro atoms. The number of rotatable bonds is 6. The van der Waals surface area contributed by atoms with E-state index >= 15 is 0 Å². The predicted molar refractivity (Wildman–Crippen MR) is 69.7 cm³/mol. The second-order valence-corrected chi connectivity index (χ2v) is 6.30. The first-order valence-corrected chi connectivity index (χ1v) is 7.80. The van der Waals surface area contributed by atoms with Crippen molar-refractivity contribution in [1.82, 2.24) is 0 Å². The third kappa shape index (κ3) is 4.55. The van der Waals surface area contributed by atoms with Crippen LogP contribution in [0.1, 0.15) is 6.92 Å². The molecule has 0 aromatic heterocycles. The number of esters is 1. The molecule has 22 heavy (non-hydrogen) atoms. The van der Waals surface area contributed by atoms with Crippen LogP contribution in [0.15, 0.2) is 35.2 Å². The van der Waals surface area contributed by atoms with E-state index in [4.69, 9.17) is 0 Å². The minimum atomic E-state index is -5.33. The molecule has 0 aliphatic rings. The van der Waals surface area contributed by atoms with Crippen molar-refractivity contribution in [3.63, 3.8) is 0 Å². The summed E-state index contributed by atoms with van der Waals surface area (Å²) in [6.45, 7) is 1.06. The fourth-order valence-electron chi connectivity index (χ4n) is 1.63. The largest absolute Gasteiger partial charge is 0.465 e. The molecule has 0 saturated heterocycles. The van der Waals surface area contributed by atoms with Gasteiger partial charge in [-0.2, -0.15) is 13.2 Å². The van der Waals surface area contributed by atoms with Gasteiger partial charge in [-0.25, -0.2) is 8.42 Å². The van der Waals surface area contributed by atoms with Gasteiger partial charge in [0, 0.05) is 0 Å². The monoisotopic (exact) mass is 338 g/mol. The summed E-state index contributed by atoms with van der Waals surface area (Å²) in [5.41, 5.74) is 0. The maximum atomic E-state index is 12.5. The third-order valence-electron chi connectivity index (χ3n) is 2.66. The zero-order valence-electron chi connectivity index (χ0n) is 11.5. The Morgan fingerprint density at radius 3 is 2.18 bits per heavy atom. The summed E-state index contributed by atoms with van der Waals surface area (Å²) >= 11 is 0. The van der Waals surface area contributed by atoms with Gasteiger partial charge in [-0.15, -0.1) is 0 Å². The fourth-order valence-corrected chi connectivity index (χ4v) is 3.13. The molecule has 1 atom stereocenters. The van der Waals surface area contributed by atoms with Crippen LogP contribution in [0.3, 0.4) is 0 Å². The number of halogens is 3. The van der Waals surface area contributed by atoms with Gasteiger partial charge in [-0.1, -0.05) is 18.2 Å². The van der Waals surface area contributed by atoms with Crippen molar-refractivity contribution >= 4 is 21.6 Å². The Hall–Kier alpha value is -1.90. The summed E-state index contributed by atoms with van der Waals surface area (Å²) in [7, 11) is -4.25. The molecule has 0 amide bonds. The van der Waals surface area contributed by atoms with Crippen molar-refractivity contribution in [3.05, 3.63) is 30.3 Å². The molecule has 1 aromatic rings. The zero-order valence-corrected chi connectivity index (χ0v) is 12.3. The van der Waals surface area contributed by atoms with Crippen molar-refractivity contribution in [2.75, 3.05) is 12.4 Å². The molecule has 1 unspecified atom stereocenters. The van der Waals surface area contributed by atoms with Crippen LogP contribution in [-0.4, -0.2) is 38.7 Å². The van der Waals surface area contributed by atoms with Gasteiger partial charge in [-0.3, -0.25) is 9.59 Å². The maximum Gasteiger partial charge on any atom is 0.450 e. The molecule has 0 N–H and O–H groups in total. The normalized spacial score (nSPS) is 13.5. The summed E-state index contributed by atoms with van der Waals surface area (Å²) < 4.78 is 66.1. The van der Waals surface area contributed by atoms with E-state index in [1.165, 1.54) is 25.1 Å². The van der Waals surface area contributed by atoms with Crippen LogP contribution in [0.2, 0.25) is 0 Å². The smallest absolute Gasteiger partial charge is 0.450 e. The lowest BCUT2D eigenvalue weighted by molar-refractivity contribution is -0.179. The molecule has 0 radical (unpaired) electrons. The molecule has 1 rings (SSSR count). The topological polar surface area (TPSA) is 77.5 Å². The van der Waals surface area contributed by atoms with Gasteiger partial charge in [0.2, 0.25) is 0 Å². The van der Waals surface area contributed by atoms with Gasteiger partial charge in [0.1, 0.15) is 5.92 Å². The van der Waals surface area contributed by atoms with Gasteiger partial charge in [0.15, 0.2) is 9.84 Å². The van der Waals surface area contributed by atoms with E-state index in [1.807, 2.05) is 0 Å². The number of hydrogen-bond acceptors (Lipinski definition) is 5. The van der Waals surface area contributed by atoms with Crippen molar-refractivity contribution in [3.8, 4) is 0 Å². The van der Waals surface area contributed by atoms with Crippen molar-refractivity contribution in [2.24, 2.45) is 5.92 Å². The molecule has 5 nitrogen and oxygen atoms in total. The predicted octanol–water partition coefficient (Wildman–Crippen LogP) is 1.77. The zero-order chi connectivity index (χ0) is 17.0. The Labute approximate surface area is 125 Å². The van der Waals surface area contributed by atoms with Crippen LogP contribution < -0.4 is 0 Å². The maximum absolute atomic E-state index is 12.5. The number of ether oxygens (including phenoxy) is 1. The minimum Gasteiger partial charge on any atom is -0.465 e. The molecule has 0 bridgehead atoms. The molecule has 0 heterocycles. The van der Waals surface area contributed by atoms with Crippen LogP contribution >= 0.6 is 0 Å². The average molecular weight is 338 g/mol. The summed E-state index contributed by atoms with van der Waals surface area (Å²) in [5, 5.41) is 0. The first kappa shape index (κ1) is 18.1. The van der Waals surface area contributed by atoms with E-state index in [0.29, 0.717) is 0 Å². The van der Waals surface area contributed by atoms with Gasteiger partial charge >= 0.3 is 12.1 Å². The lowest BCUT2D eigenvalue weighted by atomic mass is 10.1. The van der Waals surface area contributed by atoms with E-state index < -0.39 is 39.4 Å². The van der Waals surface area contributed by atoms with E-state index in [2.05, 4.69) is 4.74 Å². The van der Waals surface area contributed by atoms with Gasteiger partial charge in [-0.05, 0) is 19.1 Å². The van der Waals surface area contributed by atoms with Gasteiger partial charge < -0.3 is 4.74 Å². The molecule has 1 aromatic carbocycles. The number of ketones is 1. The Kier molecular flexibility index (Phi) is 5.70. The molecule has 0 aliphatic heterocycles. The SMILES string of the molecule is CCOC(=O)C(CS(=O)(=O)c1ccccc1)C(=O)C(F)(F)F. The Bertz CT molecular complexity index is 637. The summed E-state index contributed by atoms with van der Waals surface area (Å²) in [6.07, 6.45) is -5.33. The van der Waals surface area contributed by atoms with Crippen molar-refractivity contribution < 1.29 is 35.9 Å². The number of carbonyl (C=O) groups excluding carboxylic acids is 2. The molecule has 122 valence electrons. The van der Waals surface area contributed by atoms with Crippen LogP contribution in [-0.2, 0) is 24.2 Å². The quantitative estimate of drug-likeness (QED) is 0.583. The summed E-state index contributed by atoms with van der Waals surface area (Å²) in [5.74, 6) is -7.69. The van der Waals surface area contributed by atoms with E-state index in [9.17, 15) is 31.2 Å². The first-order chi connectivity index (χ1) is 10.1. The standard InChI is InChI=1S/C13H13F3O5S/c1-2-21-12(18)10(11(17)13(14,15)16)8-22(19,20)9-6-4-3-5-7-9/h3-7,10H,2,8H2,1H3. The number of Topliss-reactive ketones (excluding diaryl/α,β-unsaturated/α-hetero) is 1. The lowest BCUT2D eigenvalue weighted by Crippen LogP contribution is -2.40. The highest BCUT2D eigenvalue weighted by molar-refractivity contribution is 7.91. The van der Waals surface area contributed by atoms with E-state index in [0.717, 1.165) is 12.1 Å². The Morgan fingerprint density at radius 2 is 1.73 bits per heavy atom. The number of benzene rings is 1. The second-order valence-electron chi connectivity index (χ2n) is 4.26. The lowest BCUT2D eigenvalue weighted by Gasteiger charge is -2.16. The molecule has 0 saturated carbocycles. The van der Waals surface area contributed by atoms with E-state index in [1.54, 1.807) is 0 Å². The Balaban J connectivity index is 3.14. The number of alkyl halides is 3. The van der Waals surface area contributed by atoms with E-state index in [-0.39, 0.29) is 11.5 Å². The first-order valence-electron chi connectivity index (χ1n) is 6.15. The number of sulfone groups is 1. The molecule has 0 aliphatic carbocycles. The Morgan fingerprint density at radius 1 is 1.18 bits per heavy atom. The fraction of sp³-hybridized carbons (Fsp3) is 0.385. The highest BCUT2D eigenvalue weighted by Crippen LogP contribution is 2.24. The highest BCUT2D eigenvalue weighted by Gasteiger charge is 2.48. The van der Waals surface area contributed by atoms with Gasteiger partial charge in [0.25, 0.3) is 5.78 Å². The highest BCUT2D eigenvalue weighted by atomic mass is 32.2. The second kappa shape index (κ2) is 6.91. The van der Waals surface area contributed by atoms with Crippen LogP contribution in [0.25, 0.3) is 0 Å². The summed E-state index contributed by atoms with van der Waals surface area (Å²) in [4.78, 5) is 22.6. The number of hydrogen-bond donors (Lipinski definition) is 0. The average Bonchev–Trinajstić information content (AvgIpc) is 2.44. The van der Waals surface area contributed by atoms with Crippen molar-refractivity contribution in [2.45, 2.75) is 18.0 Å². The van der Waals surface area contributed by atoms with Crippen LogP contribution in [0.5, 0.6) is 0 Å². The van der Waals surface area contributed by atoms with Gasteiger partial charge in [0.05, 0.1) is 17.3 Å². The van der Waals surface area contributed by atoms with Crippen molar-refractivity contribution in [1.29, 1.82) is 0 Å². The van der Waals surface area contributed by atoms with Crippen LogP contribution in [0, 0.1) is 5.92 Å². The summed E-state index contributed by atoms with van der Waals surface area (Å²) in [6, 6.07) is 6.59. The van der Waals surface area contributed by atoms with Crippen LogP contribution in [0.4, 0.5) is 13.2 Å². The molecular formula is C13H13F3O5S. The molecular weight excluding hydrogens is 325 g/mol.